The van der Waals surface area contributed by atoms with Gasteiger partial charge in [-0.25, -0.2) is 0 Å². The molecule has 0 saturated carbocycles. The highest BCUT2D eigenvalue weighted by Crippen LogP contribution is 2.42. The van der Waals surface area contributed by atoms with E-state index in [1.807, 2.05) is 48.7 Å². The van der Waals surface area contributed by atoms with E-state index in [9.17, 15) is 0 Å². The number of rotatable bonds is 7. The second-order valence-electron chi connectivity index (χ2n) is 8.17. The number of aryl methyl sites for hydroxylation is 1. The summed E-state index contributed by atoms with van der Waals surface area (Å²) >= 11 is 7.40. The van der Waals surface area contributed by atoms with Gasteiger partial charge in [-0.05, 0) is 73.2 Å². The third-order valence-electron chi connectivity index (χ3n) is 5.84. The Labute approximate surface area is 209 Å². The zero-order valence-corrected chi connectivity index (χ0v) is 20.6. The average Bonchev–Trinajstić information content (AvgIpc) is 3.45. The summed E-state index contributed by atoms with van der Waals surface area (Å²) < 4.78 is 11.7. The van der Waals surface area contributed by atoms with Gasteiger partial charge in [0.15, 0.2) is 10.2 Å². The van der Waals surface area contributed by atoms with Gasteiger partial charge in [-0.15, -0.1) is 0 Å². The lowest BCUT2D eigenvalue weighted by Crippen LogP contribution is -2.29. The number of aromatic nitrogens is 1. The van der Waals surface area contributed by atoms with Crippen LogP contribution in [0.25, 0.3) is 0 Å². The Morgan fingerprint density at radius 3 is 2.53 bits per heavy atom. The molecule has 0 radical (unpaired) electrons. The molecule has 3 heterocycles. The Bertz CT molecular complexity index is 1260. The summed E-state index contributed by atoms with van der Waals surface area (Å²) in [5, 5.41) is 5.01. The van der Waals surface area contributed by atoms with Crippen LogP contribution in [0, 0.1) is 6.92 Å². The van der Waals surface area contributed by atoms with E-state index in [4.69, 9.17) is 21.4 Å². The van der Waals surface area contributed by atoms with E-state index in [0.29, 0.717) is 11.7 Å². The highest BCUT2D eigenvalue weighted by molar-refractivity contribution is 7.99. The number of hydrogen-bond donors (Lipinski definition) is 1. The van der Waals surface area contributed by atoms with Gasteiger partial charge in [-0.2, -0.15) is 0 Å². The fourth-order valence-electron chi connectivity index (χ4n) is 4.08. The first-order chi connectivity index (χ1) is 16.6. The molecular weight excluding hydrogens is 462 g/mol. The molecule has 0 unspecified atom stereocenters. The van der Waals surface area contributed by atoms with Crippen molar-refractivity contribution in [2.45, 2.75) is 35.5 Å². The minimum Gasteiger partial charge on any atom is -0.497 e. The molecule has 2 aromatic carbocycles. The summed E-state index contributed by atoms with van der Waals surface area (Å²) in [5.41, 5.74) is 3.30. The molecule has 0 spiro atoms. The molecule has 0 bridgehead atoms. The predicted molar refractivity (Wildman–Crippen MR) is 138 cm³/mol. The Morgan fingerprint density at radius 2 is 1.82 bits per heavy atom. The lowest BCUT2D eigenvalue weighted by Gasteiger charge is -2.26. The molecule has 2 aromatic heterocycles. The van der Waals surface area contributed by atoms with Crippen LogP contribution in [0.1, 0.15) is 34.7 Å². The average molecular weight is 488 g/mol. The van der Waals surface area contributed by atoms with Gasteiger partial charge in [0.25, 0.3) is 0 Å². The molecule has 2 atom stereocenters. The smallest absolute Gasteiger partial charge is 0.170 e. The number of thiocarbonyl (C=S) groups is 1. The van der Waals surface area contributed by atoms with Crippen molar-refractivity contribution in [3.05, 3.63) is 108 Å². The Morgan fingerprint density at radius 1 is 1.03 bits per heavy atom. The van der Waals surface area contributed by atoms with Gasteiger partial charge in [0.1, 0.15) is 17.6 Å². The maximum absolute atomic E-state index is 6.38. The molecule has 7 heteroatoms. The normalized spacial score (nSPS) is 17.6. The Kier molecular flexibility index (Phi) is 6.56. The van der Waals surface area contributed by atoms with Crippen LogP contribution in [0.4, 0.5) is 0 Å². The fourth-order valence-corrected chi connectivity index (χ4v) is 5.17. The number of pyridine rings is 1. The molecule has 1 aliphatic rings. The molecule has 1 N–H and O–H groups in total. The number of benzene rings is 2. The fraction of sp³-hybridized carbons (Fsp3) is 0.185. The van der Waals surface area contributed by atoms with Crippen molar-refractivity contribution in [3.63, 3.8) is 0 Å². The highest BCUT2D eigenvalue weighted by atomic mass is 32.2. The van der Waals surface area contributed by atoms with Crippen molar-refractivity contribution in [3.8, 4) is 5.75 Å². The van der Waals surface area contributed by atoms with Crippen LogP contribution < -0.4 is 10.1 Å². The SMILES string of the molecule is COc1ccc(CN2C(=S)N[C@H](c3ccccn3)[C@@H]2c2ccc(Sc3ccc(C)cc3)o2)cc1. The largest absolute Gasteiger partial charge is 0.497 e. The lowest BCUT2D eigenvalue weighted by atomic mass is 10.0. The zero-order chi connectivity index (χ0) is 23.5. The van der Waals surface area contributed by atoms with E-state index in [-0.39, 0.29) is 12.1 Å². The second kappa shape index (κ2) is 9.91. The topological polar surface area (TPSA) is 50.5 Å². The molecule has 172 valence electrons. The monoisotopic (exact) mass is 487 g/mol. The van der Waals surface area contributed by atoms with E-state index in [0.717, 1.165) is 32.8 Å². The summed E-state index contributed by atoms with van der Waals surface area (Å²) in [5.74, 6) is 1.68. The molecule has 0 aliphatic carbocycles. The molecule has 1 saturated heterocycles. The Hall–Kier alpha value is -3.29. The molecule has 0 amide bonds. The Balaban J connectivity index is 1.45. The van der Waals surface area contributed by atoms with Crippen LogP contribution in [0.3, 0.4) is 0 Å². The predicted octanol–water partition coefficient (Wildman–Crippen LogP) is 6.32. The van der Waals surface area contributed by atoms with Crippen molar-refractivity contribution in [1.29, 1.82) is 0 Å². The molecule has 1 fully saturated rings. The highest BCUT2D eigenvalue weighted by Gasteiger charge is 2.41. The van der Waals surface area contributed by atoms with Crippen molar-refractivity contribution < 1.29 is 9.15 Å². The van der Waals surface area contributed by atoms with Crippen molar-refractivity contribution >= 4 is 29.1 Å². The number of nitrogens with zero attached hydrogens (tertiary/aromatic N) is 2. The van der Waals surface area contributed by atoms with Gasteiger partial charge >= 0.3 is 0 Å². The molecule has 1 aliphatic heterocycles. The van der Waals surface area contributed by atoms with Crippen LogP contribution in [0.15, 0.2) is 99.5 Å². The van der Waals surface area contributed by atoms with Gasteiger partial charge in [0, 0.05) is 17.6 Å². The van der Waals surface area contributed by atoms with E-state index in [1.54, 1.807) is 18.9 Å². The van der Waals surface area contributed by atoms with E-state index >= 15 is 0 Å². The zero-order valence-electron chi connectivity index (χ0n) is 19.0. The van der Waals surface area contributed by atoms with Crippen LogP contribution in [-0.2, 0) is 6.54 Å². The quantitative estimate of drug-likeness (QED) is 0.306. The first-order valence-electron chi connectivity index (χ1n) is 11.1. The molecule has 4 aromatic rings. The summed E-state index contributed by atoms with van der Waals surface area (Å²) in [6.45, 7) is 2.73. The first kappa shape index (κ1) is 22.5. The third kappa shape index (κ3) is 4.81. The maximum Gasteiger partial charge on any atom is 0.170 e. The lowest BCUT2D eigenvalue weighted by molar-refractivity contribution is 0.254. The summed E-state index contributed by atoms with van der Waals surface area (Å²) in [7, 11) is 1.67. The minimum absolute atomic E-state index is 0.115. The first-order valence-corrected chi connectivity index (χ1v) is 12.3. The second-order valence-corrected chi connectivity index (χ2v) is 9.64. The number of furan rings is 1. The van der Waals surface area contributed by atoms with Gasteiger partial charge in [0.05, 0.1) is 18.8 Å². The van der Waals surface area contributed by atoms with Crippen molar-refractivity contribution in [2.24, 2.45) is 0 Å². The maximum atomic E-state index is 6.38. The van der Waals surface area contributed by atoms with Crippen LogP contribution in [-0.4, -0.2) is 22.1 Å². The number of methoxy groups -OCH3 is 1. The number of hydrogen-bond acceptors (Lipinski definition) is 5. The van der Waals surface area contributed by atoms with Gasteiger partial charge in [-0.1, -0.05) is 47.7 Å². The van der Waals surface area contributed by atoms with Crippen LogP contribution in [0.5, 0.6) is 5.75 Å². The van der Waals surface area contributed by atoms with E-state index in [1.165, 1.54) is 5.56 Å². The minimum atomic E-state index is -0.128. The third-order valence-corrected chi connectivity index (χ3v) is 7.12. The van der Waals surface area contributed by atoms with E-state index < -0.39 is 0 Å². The van der Waals surface area contributed by atoms with Crippen molar-refractivity contribution in [1.82, 2.24) is 15.2 Å². The summed E-state index contributed by atoms with van der Waals surface area (Å²) in [4.78, 5) is 7.92. The molecule has 5 nitrogen and oxygen atoms in total. The van der Waals surface area contributed by atoms with Crippen LogP contribution in [0.2, 0.25) is 0 Å². The van der Waals surface area contributed by atoms with Gasteiger partial charge < -0.3 is 19.4 Å². The molecule has 5 rings (SSSR count). The molecule has 34 heavy (non-hydrogen) atoms. The van der Waals surface area contributed by atoms with Crippen molar-refractivity contribution in [2.75, 3.05) is 7.11 Å². The van der Waals surface area contributed by atoms with Gasteiger partial charge in [0.2, 0.25) is 0 Å². The number of nitrogens with one attached hydrogen (secondary N) is 1. The standard InChI is InChI=1S/C27H25N3O2S2/c1-18-6-12-21(13-7-18)34-24-15-14-23(32-24)26-25(22-5-3-4-16-28-22)29-27(33)30(26)17-19-8-10-20(31-2)11-9-19/h3-16,25-26H,17H2,1-2H3,(H,29,33)/t25-,26+/m1/s1. The summed E-state index contributed by atoms with van der Waals surface area (Å²) in [6.07, 6.45) is 1.81. The number of ether oxygens (including phenoxy) is 1. The van der Waals surface area contributed by atoms with E-state index in [2.05, 4.69) is 58.5 Å². The van der Waals surface area contributed by atoms with Gasteiger partial charge in [-0.3, -0.25) is 4.98 Å². The molecular formula is C27H25N3O2S2. The van der Waals surface area contributed by atoms with Crippen LogP contribution >= 0.6 is 24.0 Å². The summed E-state index contributed by atoms with van der Waals surface area (Å²) in [6, 6.07) is 26.3.